The van der Waals surface area contributed by atoms with E-state index >= 15 is 0 Å². The number of carbonyl (C=O) groups is 2. The average Bonchev–Trinajstić information content (AvgIpc) is 2.04. The van der Waals surface area contributed by atoms with Crippen molar-refractivity contribution in [1.29, 1.82) is 0 Å². The van der Waals surface area contributed by atoms with Crippen LogP contribution in [0.3, 0.4) is 0 Å². The lowest BCUT2D eigenvalue weighted by Crippen LogP contribution is -2.41. The lowest BCUT2D eigenvalue weighted by molar-refractivity contribution is -0.156. The number of hydrogen-bond donors (Lipinski definition) is 2. The van der Waals surface area contributed by atoms with Crippen LogP contribution >= 0.6 is 0 Å². The van der Waals surface area contributed by atoms with Gasteiger partial charge in [-0.1, -0.05) is 6.58 Å². The highest BCUT2D eigenvalue weighted by Gasteiger charge is 2.18. The molecule has 74 valence electrons. The van der Waals surface area contributed by atoms with E-state index in [4.69, 9.17) is 5.11 Å². The summed E-state index contributed by atoms with van der Waals surface area (Å²) in [6.07, 6.45) is -1.62. The first-order valence-electron chi connectivity index (χ1n) is 3.80. The molecule has 0 heterocycles. The van der Waals surface area contributed by atoms with Gasteiger partial charge in [0.2, 0.25) is 12.1 Å². The van der Waals surface area contributed by atoms with Crippen LogP contribution in [0.1, 0.15) is 13.8 Å². The zero-order chi connectivity index (χ0) is 10.4. The molecule has 0 spiro atoms. The van der Waals surface area contributed by atoms with Gasteiger partial charge in [0.05, 0.1) is 6.61 Å². The number of hydrogen-bond acceptors (Lipinski definition) is 4. The van der Waals surface area contributed by atoms with E-state index in [0.717, 1.165) is 0 Å². The molecule has 5 nitrogen and oxygen atoms in total. The molecule has 0 saturated heterocycles. The third kappa shape index (κ3) is 4.27. The lowest BCUT2D eigenvalue weighted by Gasteiger charge is -2.10. The van der Waals surface area contributed by atoms with Gasteiger partial charge in [-0.15, -0.1) is 0 Å². The van der Waals surface area contributed by atoms with E-state index in [2.05, 4.69) is 11.3 Å². The van der Waals surface area contributed by atoms with Crippen LogP contribution in [0.25, 0.3) is 0 Å². The molecular formula is C8H13NO4. The summed E-state index contributed by atoms with van der Waals surface area (Å²) in [6.45, 7) is 6.56. The Morgan fingerprint density at radius 2 is 2.15 bits per heavy atom. The van der Waals surface area contributed by atoms with Crippen LogP contribution in [0.5, 0.6) is 0 Å². The van der Waals surface area contributed by atoms with Gasteiger partial charge in [0, 0.05) is 5.57 Å². The van der Waals surface area contributed by atoms with E-state index in [1.54, 1.807) is 6.92 Å². The highest BCUT2D eigenvalue weighted by molar-refractivity contribution is 5.94. The molecule has 0 saturated carbocycles. The fourth-order valence-corrected chi connectivity index (χ4v) is 0.527. The number of rotatable bonds is 4. The molecule has 0 aliphatic rings. The molecule has 0 radical (unpaired) electrons. The van der Waals surface area contributed by atoms with Crippen LogP contribution in [0, 0.1) is 0 Å². The maximum Gasteiger partial charge on any atom is 0.356 e. The molecule has 13 heavy (non-hydrogen) atoms. The van der Waals surface area contributed by atoms with Gasteiger partial charge in [-0.05, 0) is 13.8 Å². The molecule has 5 heteroatoms. The van der Waals surface area contributed by atoms with Gasteiger partial charge in [-0.2, -0.15) is 0 Å². The van der Waals surface area contributed by atoms with Crippen molar-refractivity contribution in [3.63, 3.8) is 0 Å². The number of carbonyl (C=O) groups excluding carboxylic acids is 2. The van der Waals surface area contributed by atoms with Crippen molar-refractivity contribution in [3.05, 3.63) is 12.2 Å². The van der Waals surface area contributed by atoms with Crippen molar-refractivity contribution < 1.29 is 19.4 Å². The molecule has 0 rings (SSSR count). The van der Waals surface area contributed by atoms with Gasteiger partial charge in [-0.3, -0.25) is 4.79 Å². The highest BCUT2D eigenvalue weighted by atomic mass is 16.5. The molecule has 2 N–H and O–H groups in total. The number of nitrogens with one attached hydrogen (secondary N) is 1. The smallest absolute Gasteiger partial charge is 0.356 e. The minimum absolute atomic E-state index is 0.152. The summed E-state index contributed by atoms with van der Waals surface area (Å²) in [4.78, 5) is 21.7. The van der Waals surface area contributed by atoms with E-state index in [-0.39, 0.29) is 12.2 Å². The summed E-state index contributed by atoms with van der Waals surface area (Å²) >= 11 is 0. The molecule has 0 aliphatic carbocycles. The monoisotopic (exact) mass is 187 g/mol. The fraction of sp³-hybridized carbons (Fsp3) is 0.500. The molecule has 1 unspecified atom stereocenters. The maximum atomic E-state index is 10.9. The van der Waals surface area contributed by atoms with E-state index in [0.29, 0.717) is 0 Å². The zero-order valence-electron chi connectivity index (χ0n) is 7.66. The Bertz CT molecular complexity index is 224. The molecule has 0 bridgehead atoms. The second kappa shape index (κ2) is 5.31. The second-order valence-corrected chi connectivity index (χ2v) is 2.41. The molecule has 1 atom stereocenters. The number of aliphatic hydroxyl groups excluding tert-OH is 1. The van der Waals surface area contributed by atoms with Crippen LogP contribution in [0.15, 0.2) is 12.2 Å². The predicted molar refractivity (Wildman–Crippen MR) is 45.6 cm³/mol. The van der Waals surface area contributed by atoms with Crippen LogP contribution in [-0.4, -0.2) is 29.8 Å². The summed E-state index contributed by atoms with van der Waals surface area (Å²) < 4.78 is 4.45. The third-order valence-corrected chi connectivity index (χ3v) is 1.17. The van der Waals surface area contributed by atoms with Gasteiger partial charge in [0.25, 0.3) is 0 Å². The Labute approximate surface area is 76.4 Å². The Kier molecular flexibility index (Phi) is 4.76. The van der Waals surface area contributed by atoms with Crippen LogP contribution in [0.4, 0.5) is 0 Å². The van der Waals surface area contributed by atoms with Gasteiger partial charge in [-0.25, -0.2) is 4.79 Å². The minimum Gasteiger partial charge on any atom is -0.463 e. The van der Waals surface area contributed by atoms with Crippen molar-refractivity contribution in [3.8, 4) is 0 Å². The first-order valence-corrected chi connectivity index (χ1v) is 3.80. The summed E-state index contributed by atoms with van der Waals surface area (Å²) in [6, 6.07) is 0. The summed E-state index contributed by atoms with van der Waals surface area (Å²) in [5.41, 5.74) is 0.211. The molecule has 0 aromatic heterocycles. The van der Waals surface area contributed by atoms with E-state index in [1.165, 1.54) is 6.92 Å². The highest BCUT2D eigenvalue weighted by Crippen LogP contribution is 1.90. The van der Waals surface area contributed by atoms with Crippen molar-refractivity contribution in [2.75, 3.05) is 6.61 Å². The van der Waals surface area contributed by atoms with E-state index < -0.39 is 18.1 Å². The van der Waals surface area contributed by atoms with Crippen molar-refractivity contribution >= 4 is 11.9 Å². The zero-order valence-corrected chi connectivity index (χ0v) is 7.66. The van der Waals surface area contributed by atoms with Crippen LogP contribution in [-0.2, 0) is 14.3 Å². The summed E-state index contributed by atoms with van der Waals surface area (Å²) in [5.74, 6) is -1.46. The van der Waals surface area contributed by atoms with Crippen molar-refractivity contribution in [2.45, 2.75) is 20.1 Å². The first kappa shape index (κ1) is 11.6. The molecule has 0 aliphatic heterocycles. The first-order chi connectivity index (χ1) is 5.99. The number of amides is 1. The Balaban J connectivity index is 3.99. The van der Waals surface area contributed by atoms with Gasteiger partial charge < -0.3 is 15.2 Å². The van der Waals surface area contributed by atoms with Gasteiger partial charge in [0.15, 0.2) is 0 Å². The molecule has 0 aromatic carbocycles. The van der Waals surface area contributed by atoms with Crippen LogP contribution in [0.2, 0.25) is 0 Å². The topological polar surface area (TPSA) is 75.6 Å². The van der Waals surface area contributed by atoms with Gasteiger partial charge in [0.1, 0.15) is 0 Å². The standard InChI is InChI=1S/C8H13NO4/c1-4-13-8(12)7(11)9-6(10)5(2)3/h7,11H,2,4H2,1,3H3,(H,9,10). The molecule has 0 fully saturated rings. The SMILES string of the molecule is C=C(C)C(=O)NC(O)C(=O)OCC. The normalized spacial score (nSPS) is 11.6. The van der Waals surface area contributed by atoms with E-state index in [1.807, 2.05) is 5.32 Å². The molecular weight excluding hydrogens is 174 g/mol. The fourth-order valence-electron chi connectivity index (χ4n) is 0.527. The van der Waals surface area contributed by atoms with Crippen molar-refractivity contribution in [1.82, 2.24) is 5.32 Å². The Morgan fingerprint density at radius 1 is 1.62 bits per heavy atom. The molecule has 1 amide bonds. The van der Waals surface area contributed by atoms with Crippen LogP contribution < -0.4 is 5.32 Å². The summed E-state index contributed by atoms with van der Waals surface area (Å²) in [5, 5.41) is 11.0. The number of aliphatic hydroxyl groups is 1. The largest absolute Gasteiger partial charge is 0.463 e. The minimum atomic E-state index is -1.62. The quantitative estimate of drug-likeness (QED) is 0.355. The Morgan fingerprint density at radius 3 is 2.54 bits per heavy atom. The van der Waals surface area contributed by atoms with E-state index in [9.17, 15) is 9.59 Å². The van der Waals surface area contributed by atoms with Gasteiger partial charge >= 0.3 is 5.97 Å². The van der Waals surface area contributed by atoms with Crippen molar-refractivity contribution in [2.24, 2.45) is 0 Å². The number of ether oxygens (including phenoxy) is 1. The molecule has 0 aromatic rings. The number of esters is 1. The average molecular weight is 187 g/mol. The maximum absolute atomic E-state index is 10.9. The lowest BCUT2D eigenvalue weighted by atomic mass is 10.3. The predicted octanol–water partition coefficient (Wildman–Crippen LogP) is -0.440. The Hall–Kier alpha value is -1.36. The second-order valence-electron chi connectivity index (χ2n) is 2.41. The third-order valence-electron chi connectivity index (χ3n) is 1.17. The summed E-state index contributed by atoms with van der Waals surface area (Å²) in [7, 11) is 0.